The number of nitrogens with one attached hydrogen (secondary N) is 1. The number of piperidine rings is 1. The summed E-state index contributed by atoms with van der Waals surface area (Å²) in [4.78, 5) is 21.5. The van der Waals surface area contributed by atoms with E-state index in [9.17, 15) is 4.79 Å². The minimum absolute atomic E-state index is 0.173. The van der Waals surface area contributed by atoms with E-state index < -0.39 is 0 Å². The first-order valence-electron chi connectivity index (χ1n) is 8.91. The van der Waals surface area contributed by atoms with Gasteiger partial charge in [-0.2, -0.15) is 0 Å². The molecule has 0 unspecified atom stereocenters. The van der Waals surface area contributed by atoms with Gasteiger partial charge in [-0.15, -0.1) is 0 Å². The lowest BCUT2D eigenvalue weighted by molar-refractivity contribution is -0.136. The molecule has 1 amide bonds. The second-order valence-electron chi connectivity index (χ2n) is 6.70. The maximum atomic E-state index is 12.7. The first kappa shape index (κ1) is 15.4. The summed E-state index contributed by atoms with van der Waals surface area (Å²) in [7, 11) is 0. The summed E-state index contributed by atoms with van der Waals surface area (Å²) < 4.78 is 0. The van der Waals surface area contributed by atoms with Gasteiger partial charge in [-0.05, 0) is 31.5 Å². The third-order valence-corrected chi connectivity index (χ3v) is 5.20. The molecular weight excluding hydrogens is 300 g/mol. The number of hydrogen-bond acceptors (Lipinski definition) is 4. The Morgan fingerprint density at radius 3 is 2.75 bits per heavy atom. The number of pyridine rings is 1. The summed E-state index contributed by atoms with van der Waals surface area (Å²) in [5, 5.41) is 4.54. The van der Waals surface area contributed by atoms with Gasteiger partial charge in [-0.25, -0.2) is 0 Å². The molecule has 2 saturated heterocycles. The van der Waals surface area contributed by atoms with Gasteiger partial charge >= 0.3 is 0 Å². The van der Waals surface area contributed by atoms with E-state index in [-0.39, 0.29) is 5.92 Å². The van der Waals surface area contributed by atoms with Crippen LogP contribution in [-0.4, -0.2) is 55.1 Å². The van der Waals surface area contributed by atoms with E-state index >= 15 is 0 Å². The van der Waals surface area contributed by atoms with Crippen molar-refractivity contribution in [2.24, 2.45) is 5.92 Å². The van der Waals surface area contributed by atoms with Crippen LogP contribution in [-0.2, 0) is 4.79 Å². The summed E-state index contributed by atoms with van der Waals surface area (Å²) in [6.07, 6.45) is 4.02. The number of carbonyl (C=O) groups is 1. The molecule has 2 aromatic rings. The maximum absolute atomic E-state index is 12.7. The lowest BCUT2D eigenvalue weighted by atomic mass is 9.98. The van der Waals surface area contributed by atoms with Crippen LogP contribution in [0.1, 0.15) is 12.8 Å². The van der Waals surface area contributed by atoms with E-state index in [1.54, 1.807) is 0 Å². The number of hydrogen-bond donors (Lipinski definition) is 1. The largest absolute Gasteiger partial charge is 0.367 e. The van der Waals surface area contributed by atoms with Crippen molar-refractivity contribution in [2.75, 3.05) is 44.2 Å². The number of rotatable bonds is 2. The number of piperazine rings is 1. The van der Waals surface area contributed by atoms with Gasteiger partial charge in [0.1, 0.15) is 0 Å². The normalized spacial score (nSPS) is 21.9. The van der Waals surface area contributed by atoms with Crippen molar-refractivity contribution in [3.8, 4) is 0 Å². The molecule has 0 saturated carbocycles. The second-order valence-corrected chi connectivity index (χ2v) is 6.70. The molecule has 2 fully saturated rings. The van der Waals surface area contributed by atoms with Crippen LogP contribution in [0.3, 0.4) is 0 Å². The lowest BCUT2D eigenvalue weighted by Crippen LogP contribution is -2.52. The zero-order valence-electron chi connectivity index (χ0n) is 13.9. The fraction of sp³-hybridized carbons (Fsp3) is 0.474. The van der Waals surface area contributed by atoms with Gasteiger partial charge < -0.3 is 15.1 Å². The fourth-order valence-electron chi connectivity index (χ4n) is 3.85. The Labute approximate surface area is 142 Å². The van der Waals surface area contributed by atoms with Crippen LogP contribution in [0, 0.1) is 5.92 Å². The average Bonchev–Trinajstić information content (AvgIpc) is 2.68. The Balaban J connectivity index is 1.45. The average molecular weight is 324 g/mol. The molecular formula is C19H24N4O. The highest BCUT2D eigenvalue weighted by molar-refractivity contribution is 5.91. The standard InChI is InChI=1S/C19H24N4O/c24-19(15-4-3-8-20-14-15)23-12-10-22(11-13-23)18-7-9-21-17-6-2-1-5-16(17)18/h1-2,5-7,9,15,20H,3-4,8,10-14H2/t15-/m0/s1. The van der Waals surface area contributed by atoms with Gasteiger partial charge in [-0.1, -0.05) is 18.2 Å². The van der Waals surface area contributed by atoms with Crippen molar-refractivity contribution in [2.45, 2.75) is 12.8 Å². The van der Waals surface area contributed by atoms with Gasteiger partial charge in [0.25, 0.3) is 0 Å². The van der Waals surface area contributed by atoms with Gasteiger partial charge in [0.05, 0.1) is 11.4 Å². The highest BCUT2D eigenvalue weighted by Gasteiger charge is 2.28. The Morgan fingerprint density at radius 2 is 1.96 bits per heavy atom. The smallest absolute Gasteiger partial charge is 0.227 e. The van der Waals surface area contributed by atoms with Crippen molar-refractivity contribution in [1.29, 1.82) is 0 Å². The minimum Gasteiger partial charge on any atom is -0.367 e. The van der Waals surface area contributed by atoms with E-state index in [1.165, 1.54) is 11.1 Å². The molecule has 4 rings (SSSR count). The monoisotopic (exact) mass is 324 g/mol. The molecule has 126 valence electrons. The predicted octanol–water partition coefficient (Wildman–Crippen LogP) is 1.88. The Hall–Kier alpha value is -2.14. The molecule has 24 heavy (non-hydrogen) atoms. The zero-order valence-corrected chi connectivity index (χ0v) is 13.9. The Morgan fingerprint density at radius 1 is 1.12 bits per heavy atom. The van der Waals surface area contributed by atoms with Crippen LogP contribution in [0.2, 0.25) is 0 Å². The van der Waals surface area contributed by atoms with Gasteiger partial charge in [0.2, 0.25) is 5.91 Å². The van der Waals surface area contributed by atoms with Crippen molar-refractivity contribution < 1.29 is 4.79 Å². The summed E-state index contributed by atoms with van der Waals surface area (Å²) in [6, 6.07) is 10.3. The molecule has 3 heterocycles. The van der Waals surface area contributed by atoms with Crippen molar-refractivity contribution >= 4 is 22.5 Å². The highest BCUT2D eigenvalue weighted by atomic mass is 16.2. The molecule has 1 N–H and O–H groups in total. The number of carbonyl (C=O) groups excluding carboxylic acids is 1. The number of nitrogens with zero attached hydrogens (tertiary/aromatic N) is 3. The first-order chi connectivity index (χ1) is 11.8. The van der Waals surface area contributed by atoms with E-state index in [0.717, 1.165) is 57.6 Å². The van der Waals surface area contributed by atoms with Crippen molar-refractivity contribution in [3.05, 3.63) is 36.5 Å². The summed E-state index contributed by atoms with van der Waals surface area (Å²) in [5.74, 6) is 0.508. The summed E-state index contributed by atoms with van der Waals surface area (Å²) >= 11 is 0. The fourth-order valence-corrected chi connectivity index (χ4v) is 3.85. The molecule has 0 aliphatic carbocycles. The SMILES string of the molecule is O=C([C@H]1CCCNC1)N1CCN(c2ccnc3ccccc23)CC1. The topological polar surface area (TPSA) is 48.5 Å². The van der Waals surface area contributed by atoms with Gasteiger partial charge in [0, 0.05) is 50.0 Å². The quantitative estimate of drug-likeness (QED) is 0.916. The van der Waals surface area contributed by atoms with Crippen LogP contribution in [0.5, 0.6) is 0 Å². The predicted molar refractivity (Wildman–Crippen MR) is 96.1 cm³/mol. The first-order valence-corrected chi connectivity index (χ1v) is 8.91. The molecule has 1 aromatic carbocycles. The molecule has 1 atom stereocenters. The third-order valence-electron chi connectivity index (χ3n) is 5.20. The molecule has 2 aliphatic rings. The third kappa shape index (κ3) is 2.96. The van der Waals surface area contributed by atoms with Gasteiger partial charge in [-0.3, -0.25) is 9.78 Å². The summed E-state index contributed by atoms with van der Waals surface area (Å²) in [5.41, 5.74) is 2.26. The minimum atomic E-state index is 0.173. The second kappa shape index (κ2) is 6.77. The maximum Gasteiger partial charge on any atom is 0.227 e. The molecule has 2 aliphatic heterocycles. The van der Waals surface area contributed by atoms with Crippen molar-refractivity contribution in [3.63, 3.8) is 0 Å². The van der Waals surface area contributed by atoms with Crippen LogP contribution >= 0.6 is 0 Å². The van der Waals surface area contributed by atoms with E-state index in [2.05, 4.69) is 44.4 Å². The van der Waals surface area contributed by atoms with Crippen LogP contribution in [0.25, 0.3) is 10.9 Å². The zero-order chi connectivity index (χ0) is 16.4. The number of para-hydroxylation sites is 1. The van der Waals surface area contributed by atoms with Crippen LogP contribution in [0.4, 0.5) is 5.69 Å². The molecule has 5 heteroatoms. The number of aromatic nitrogens is 1. The highest BCUT2D eigenvalue weighted by Crippen LogP contribution is 2.26. The molecule has 5 nitrogen and oxygen atoms in total. The van der Waals surface area contributed by atoms with E-state index in [4.69, 9.17) is 0 Å². The molecule has 0 bridgehead atoms. The molecule has 0 spiro atoms. The Kier molecular flexibility index (Phi) is 4.34. The molecule has 0 radical (unpaired) electrons. The number of amides is 1. The van der Waals surface area contributed by atoms with Gasteiger partial charge in [0.15, 0.2) is 0 Å². The number of fused-ring (bicyclic) bond motifs is 1. The van der Waals surface area contributed by atoms with Crippen LogP contribution in [0.15, 0.2) is 36.5 Å². The number of anilines is 1. The van der Waals surface area contributed by atoms with Crippen molar-refractivity contribution in [1.82, 2.24) is 15.2 Å². The van der Waals surface area contributed by atoms with E-state index in [1.807, 2.05) is 12.3 Å². The summed E-state index contributed by atoms with van der Waals surface area (Å²) in [6.45, 7) is 5.29. The number of benzene rings is 1. The lowest BCUT2D eigenvalue weighted by Gasteiger charge is -2.38. The Bertz CT molecular complexity index is 713. The van der Waals surface area contributed by atoms with E-state index in [0.29, 0.717) is 5.91 Å². The molecule has 1 aromatic heterocycles. The van der Waals surface area contributed by atoms with Crippen LogP contribution < -0.4 is 10.2 Å².